The maximum absolute atomic E-state index is 13.5. The zero-order valence-corrected chi connectivity index (χ0v) is 56.3. The predicted molar refractivity (Wildman–Crippen MR) is 407 cm³/mol. The highest BCUT2D eigenvalue weighted by molar-refractivity contribution is 6.30. The van der Waals surface area contributed by atoms with E-state index in [1.807, 2.05) is 0 Å². The first kappa shape index (κ1) is 60.5. The number of hydrogen-bond acceptors (Lipinski definition) is 4. The number of hydrogen-bond donors (Lipinski definition) is 1. The van der Waals surface area contributed by atoms with Crippen LogP contribution in [0.2, 0.25) is 0 Å². The van der Waals surface area contributed by atoms with Crippen LogP contribution in [0.4, 0.5) is 34.1 Å². The van der Waals surface area contributed by atoms with Crippen molar-refractivity contribution in [1.82, 2.24) is 0 Å². The highest BCUT2D eigenvalue weighted by Gasteiger charge is 2.32. The number of rotatable bonds is 15. The number of aryl methyl sites for hydroxylation is 2. The minimum atomic E-state index is 0.285. The average molecular weight is 1260 g/mol. The van der Waals surface area contributed by atoms with Gasteiger partial charge >= 0.3 is 0 Å². The van der Waals surface area contributed by atoms with Crippen LogP contribution in [0.15, 0.2) is 217 Å². The molecule has 1 heterocycles. The first-order valence-electron chi connectivity index (χ1n) is 37.1. The second kappa shape index (κ2) is 26.1. The average Bonchev–Trinajstić information content (AvgIpc) is 1.32. The van der Waals surface area contributed by atoms with Crippen LogP contribution in [0.3, 0.4) is 0 Å². The molecule has 1 N–H and O–H groups in total. The Balaban J connectivity index is 0.934. The van der Waals surface area contributed by atoms with Gasteiger partial charge in [0.25, 0.3) is 0 Å². The number of anilines is 6. The molecule has 4 aliphatic carbocycles. The summed E-state index contributed by atoms with van der Waals surface area (Å²) in [5, 5.41) is 23.6. The van der Waals surface area contributed by atoms with E-state index in [2.05, 4.69) is 236 Å². The largest absolute Gasteiger partial charge is 0.505 e. The van der Waals surface area contributed by atoms with E-state index in [4.69, 9.17) is 4.42 Å². The minimum absolute atomic E-state index is 0.285. The van der Waals surface area contributed by atoms with Gasteiger partial charge in [0.05, 0.1) is 22.7 Å². The van der Waals surface area contributed by atoms with Crippen molar-refractivity contribution < 1.29 is 9.52 Å². The monoisotopic (exact) mass is 1250 g/mol. The van der Waals surface area contributed by atoms with Gasteiger partial charge < -0.3 is 19.3 Å². The summed E-state index contributed by atoms with van der Waals surface area (Å²) in [6, 6.07) is 81.2. The Morgan fingerprint density at radius 1 is 0.323 bits per heavy atom. The molecule has 0 unspecified atom stereocenters. The molecule has 0 radical (unpaired) electrons. The van der Waals surface area contributed by atoms with Gasteiger partial charge in [0.15, 0.2) is 5.58 Å². The van der Waals surface area contributed by atoms with Gasteiger partial charge in [-0.3, -0.25) is 0 Å². The Bertz CT molecular complexity index is 4970. The topological polar surface area (TPSA) is 39.9 Å². The van der Waals surface area contributed by atoms with Crippen LogP contribution in [0.1, 0.15) is 199 Å². The fourth-order valence-electron chi connectivity index (χ4n) is 18.6. The van der Waals surface area contributed by atoms with Gasteiger partial charge in [-0.25, -0.2) is 0 Å². The lowest BCUT2D eigenvalue weighted by Crippen LogP contribution is -2.15. The summed E-state index contributed by atoms with van der Waals surface area (Å²) in [4.78, 5) is 5.06. The molecule has 4 saturated carbocycles. The number of para-hydroxylation sites is 3. The summed E-state index contributed by atoms with van der Waals surface area (Å²) in [6.45, 7) is 4.49. The van der Waals surface area contributed by atoms with E-state index in [0.717, 1.165) is 98.3 Å². The zero-order chi connectivity index (χ0) is 64.2. The van der Waals surface area contributed by atoms with Gasteiger partial charge in [-0.05, 0) is 220 Å². The molecule has 4 fully saturated rings. The van der Waals surface area contributed by atoms with Gasteiger partial charge in [-0.2, -0.15) is 0 Å². The molecule has 12 aromatic carbocycles. The van der Waals surface area contributed by atoms with Gasteiger partial charge in [0.1, 0.15) is 11.3 Å². The Morgan fingerprint density at radius 3 is 1.27 bits per heavy atom. The molecule has 480 valence electrons. The molecule has 17 rings (SSSR count). The Morgan fingerprint density at radius 2 is 0.729 bits per heavy atom. The normalized spacial score (nSPS) is 16.4. The third-order valence-electron chi connectivity index (χ3n) is 23.5. The molecule has 0 spiro atoms. The summed E-state index contributed by atoms with van der Waals surface area (Å²) < 4.78 is 7.55. The molecule has 0 amide bonds. The van der Waals surface area contributed by atoms with Crippen molar-refractivity contribution in [3.63, 3.8) is 0 Å². The van der Waals surface area contributed by atoms with E-state index in [-0.39, 0.29) is 5.75 Å². The lowest BCUT2D eigenvalue weighted by atomic mass is 9.77. The summed E-state index contributed by atoms with van der Waals surface area (Å²) in [7, 11) is 0. The molecule has 1 aromatic heterocycles. The molecule has 0 saturated heterocycles. The second-order valence-electron chi connectivity index (χ2n) is 28.9. The third-order valence-corrected chi connectivity index (χ3v) is 23.5. The van der Waals surface area contributed by atoms with Crippen molar-refractivity contribution in [2.45, 2.75) is 179 Å². The molecule has 4 aliphatic rings. The molecule has 4 nitrogen and oxygen atoms in total. The minimum Gasteiger partial charge on any atom is -0.505 e. The van der Waals surface area contributed by atoms with E-state index in [9.17, 15) is 5.11 Å². The fourth-order valence-corrected chi connectivity index (χ4v) is 18.6. The van der Waals surface area contributed by atoms with Gasteiger partial charge in [-0.15, -0.1) is 0 Å². The van der Waals surface area contributed by atoms with Crippen molar-refractivity contribution in [2.24, 2.45) is 0 Å². The molecule has 0 atom stereocenters. The van der Waals surface area contributed by atoms with Crippen molar-refractivity contribution in [3.8, 4) is 39.1 Å². The predicted octanol–water partition coefficient (Wildman–Crippen LogP) is 27.4. The number of aromatic hydroxyl groups is 1. The lowest BCUT2D eigenvalue weighted by Gasteiger charge is -2.34. The SMILES string of the molecule is CCc1ccccc1-c1cccc(-c2cccc(N(c3ccc(C4CCCCC4)cc3)c3cc(C4CCCCC4)c4ccc5c(N(c6ccc(C7CCCCC7)cc6)c6cccc7c6oc6c(-c8ccccc8CC)cccc67)cc(C6CCCCC6)c6ccc3c4c65)c2O)c1. The molecular formula is C92H90N2O2. The fraction of sp³-hybridized carbons (Fsp3) is 0.304. The lowest BCUT2D eigenvalue weighted by molar-refractivity contribution is 0.443. The first-order valence-corrected chi connectivity index (χ1v) is 37.1. The number of fused-ring (bicyclic) bond motifs is 3. The number of furan rings is 1. The molecule has 0 aliphatic heterocycles. The van der Waals surface area contributed by atoms with Crippen LogP contribution < -0.4 is 9.80 Å². The second-order valence-corrected chi connectivity index (χ2v) is 28.9. The molecule has 0 bridgehead atoms. The maximum Gasteiger partial charge on any atom is 0.159 e. The Labute approximate surface area is 568 Å². The van der Waals surface area contributed by atoms with Gasteiger partial charge in [0.2, 0.25) is 0 Å². The molecule has 13 aromatic rings. The number of nitrogens with zero attached hydrogens (tertiary/aromatic N) is 2. The quantitative estimate of drug-likeness (QED) is 0.104. The third kappa shape index (κ3) is 10.8. The van der Waals surface area contributed by atoms with Crippen LogP contribution in [-0.2, 0) is 12.8 Å². The number of phenolic OH excluding ortho intramolecular Hbond substituents is 1. The summed E-state index contributed by atoms with van der Waals surface area (Å²) >= 11 is 0. The Kier molecular flexibility index (Phi) is 16.5. The van der Waals surface area contributed by atoms with Crippen molar-refractivity contribution >= 4 is 88.4 Å². The van der Waals surface area contributed by atoms with Crippen molar-refractivity contribution in [1.29, 1.82) is 0 Å². The highest BCUT2D eigenvalue weighted by atomic mass is 16.3. The summed E-state index contributed by atoms with van der Waals surface area (Å²) in [6.07, 6.45) is 26.9. The van der Waals surface area contributed by atoms with Crippen molar-refractivity contribution in [3.05, 3.63) is 246 Å². The number of benzene rings is 12. The van der Waals surface area contributed by atoms with Crippen molar-refractivity contribution in [2.75, 3.05) is 9.80 Å². The summed E-state index contributed by atoms with van der Waals surface area (Å²) in [5.41, 5.74) is 23.2. The molecule has 96 heavy (non-hydrogen) atoms. The van der Waals surface area contributed by atoms with Gasteiger partial charge in [-0.1, -0.05) is 249 Å². The van der Waals surface area contributed by atoms with E-state index in [1.54, 1.807) is 0 Å². The van der Waals surface area contributed by atoms with E-state index in [1.165, 1.54) is 198 Å². The highest BCUT2D eigenvalue weighted by Crippen LogP contribution is 2.56. The number of phenols is 1. The van der Waals surface area contributed by atoms with E-state index >= 15 is 0 Å². The molecule has 4 heteroatoms. The van der Waals surface area contributed by atoms with Crippen LogP contribution in [0.25, 0.3) is 87.6 Å². The Hall–Kier alpha value is -9.12. The summed E-state index contributed by atoms with van der Waals surface area (Å²) in [5.74, 6) is 2.24. The molecular weight excluding hydrogens is 1170 g/mol. The van der Waals surface area contributed by atoms with Crippen LogP contribution >= 0.6 is 0 Å². The van der Waals surface area contributed by atoms with Gasteiger partial charge in [0, 0.05) is 44.0 Å². The standard InChI is InChI=1S/C92H90N2O2/c1-3-60-25-17-19-37-72(60)68-35-21-36-69(57-68)74-39-23-43-84(90(74)95)93(70-49-45-64(46-50-70)62-27-9-5-10-28-62)86-58-82(66-31-13-7-14-32-66)75-54-56-81-87(59-83(67-33-15-8-16-34-67)76-53-55-80(86)88(75)89(76)81)94(71-51-47-65(48-52-71)63-29-11-6-12-30-63)85-44-24-42-79-78-41-22-40-77(91(78)96-92(79)85)73-38-20-18-26-61(73)4-2/h17-26,35-59,62-63,66-67,95H,3-16,27-34H2,1-2H3. The zero-order valence-electron chi connectivity index (χ0n) is 56.3. The van der Waals surface area contributed by atoms with E-state index < -0.39 is 0 Å². The smallest absolute Gasteiger partial charge is 0.159 e. The van der Waals surface area contributed by atoms with E-state index in [0.29, 0.717) is 23.7 Å². The van der Waals surface area contributed by atoms with Crippen LogP contribution in [0, 0.1) is 0 Å². The van der Waals surface area contributed by atoms with Crippen LogP contribution in [-0.4, -0.2) is 5.11 Å². The maximum atomic E-state index is 13.5. The van der Waals surface area contributed by atoms with Crippen LogP contribution in [0.5, 0.6) is 5.75 Å². The first-order chi connectivity index (χ1) is 47.5.